The Morgan fingerprint density at radius 2 is 1.50 bits per heavy atom. The summed E-state index contributed by atoms with van der Waals surface area (Å²) in [6.45, 7) is 3.36. The third-order valence-electron chi connectivity index (χ3n) is 3.99. The van der Waals surface area contributed by atoms with Gasteiger partial charge in [0.1, 0.15) is 0 Å². The Labute approximate surface area is 148 Å². The molecule has 26 heavy (non-hydrogen) atoms. The van der Waals surface area contributed by atoms with Crippen molar-refractivity contribution in [3.05, 3.63) is 84.4 Å². The summed E-state index contributed by atoms with van der Waals surface area (Å²) in [6, 6.07) is 14.4. The fourth-order valence-corrected chi connectivity index (χ4v) is 2.70. The number of halogens is 3. The Balaban J connectivity index is 2.60. The van der Waals surface area contributed by atoms with E-state index in [2.05, 4.69) is 6.58 Å². The maximum Gasteiger partial charge on any atom is 0.423 e. The molecule has 136 valence electrons. The van der Waals surface area contributed by atoms with Gasteiger partial charge in [0, 0.05) is 11.5 Å². The van der Waals surface area contributed by atoms with Crippen LogP contribution >= 0.6 is 0 Å². The summed E-state index contributed by atoms with van der Waals surface area (Å²) >= 11 is 0. The number of amides is 1. The van der Waals surface area contributed by atoms with E-state index in [9.17, 15) is 27.9 Å². The second-order valence-corrected chi connectivity index (χ2v) is 5.56. The Bertz CT molecular complexity index is 791. The Hall–Kier alpha value is -3.09. The van der Waals surface area contributed by atoms with Gasteiger partial charge < -0.3 is 10.4 Å². The minimum absolute atomic E-state index is 0.0654. The SMILES string of the molecule is C=CC(c1ccccc1)C(NC(=O)c1ccccc1)(C(=O)O)C(F)(F)F. The maximum atomic E-state index is 14.0. The van der Waals surface area contributed by atoms with Crippen molar-refractivity contribution in [1.82, 2.24) is 5.32 Å². The average Bonchev–Trinajstić information content (AvgIpc) is 2.61. The molecule has 0 aromatic heterocycles. The Kier molecular flexibility index (Phi) is 5.50. The summed E-state index contributed by atoms with van der Waals surface area (Å²) in [5.41, 5.74) is -3.59. The summed E-state index contributed by atoms with van der Waals surface area (Å²) < 4.78 is 41.9. The molecular weight excluding hydrogens is 347 g/mol. The molecule has 2 aromatic rings. The van der Waals surface area contributed by atoms with Gasteiger partial charge in [0.05, 0.1) is 0 Å². The molecule has 2 rings (SSSR count). The lowest BCUT2D eigenvalue weighted by Crippen LogP contribution is -2.67. The van der Waals surface area contributed by atoms with Crippen LogP contribution < -0.4 is 5.32 Å². The number of aliphatic carboxylic acids is 1. The van der Waals surface area contributed by atoms with Gasteiger partial charge in [-0.05, 0) is 17.7 Å². The first-order valence-corrected chi connectivity index (χ1v) is 7.59. The molecule has 2 unspecified atom stereocenters. The van der Waals surface area contributed by atoms with E-state index in [-0.39, 0.29) is 11.1 Å². The number of benzene rings is 2. The van der Waals surface area contributed by atoms with E-state index in [4.69, 9.17) is 0 Å². The lowest BCUT2D eigenvalue weighted by atomic mass is 9.78. The highest BCUT2D eigenvalue weighted by atomic mass is 19.4. The average molecular weight is 363 g/mol. The van der Waals surface area contributed by atoms with E-state index in [0.29, 0.717) is 0 Å². The largest absolute Gasteiger partial charge is 0.479 e. The fraction of sp³-hybridized carbons (Fsp3) is 0.158. The number of hydrogen-bond acceptors (Lipinski definition) is 2. The number of carboxylic acid groups (broad SMARTS) is 1. The summed E-state index contributed by atoms with van der Waals surface area (Å²) in [4.78, 5) is 24.2. The van der Waals surface area contributed by atoms with Crippen LogP contribution in [0.3, 0.4) is 0 Å². The zero-order chi connectivity index (χ0) is 19.4. The van der Waals surface area contributed by atoms with Crippen molar-refractivity contribution in [2.75, 3.05) is 0 Å². The minimum Gasteiger partial charge on any atom is -0.479 e. The normalized spacial score (nSPS) is 14.7. The first kappa shape index (κ1) is 19.2. The standard InChI is InChI=1S/C19H16F3NO3/c1-2-15(13-9-5-3-6-10-13)18(17(25)26,19(20,21)22)23-16(24)14-11-7-4-8-12-14/h2-12,15H,1H2,(H,23,24)(H,25,26). The molecule has 0 fully saturated rings. The Morgan fingerprint density at radius 1 is 1.00 bits per heavy atom. The number of nitrogens with one attached hydrogen (secondary N) is 1. The lowest BCUT2D eigenvalue weighted by molar-refractivity contribution is -0.210. The van der Waals surface area contributed by atoms with Crippen LogP contribution in [-0.4, -0.2) is 28.7 Å². The van der Waals surface area contributed by atoms with Crippen LogP contribution in [0.1, 0.15) is 21.8 Å². The van der Waals surface area contributed by atoms with Crippen LogP contribution in [0.2, 0.25) is 0 Å². The number of alkyl halides is 3. The molecule has 0 spiro atoms. The molecule has 2 atom stereocenters. The maximum absolute atomic E-state index is 14.0. The number of carbonyl (C=O) groups excluding carboxylic acids is 1. The molecule has 2 aromatic carbocycles. The summed E-state index contributed by atoms with van der Waals surface area (Å²) in [5, 5.41) is 11.2. The minimum atomic E-state index is -5.28. The monoisotopic (exact) mass is 363 g/mol. The van der Waals surface area contributed by atoms with Crippen LogP contribution in [0.25, 0.3) is 0 Å². The number of hydrogen-bond donors (Lipinski definition) is 2. The van der Waals surface area contributed by atoms with Crippen LogP contribution in [0.15, 0.2) is 73.3 Å². The molecule has 0 bridgehead atoms. The second kappa shape index (κ2) is 7.43. The van der Waals surface area contributed by atoms with Crippen molar-refractivity contribution in [2.45, 2.75) is 17.6 Å². The summed E-state index contributed by atoms with van der Waals surface area (Å²) in [7, 11) is 0. The van der Waals surface area contributed by atoms with Gasteiger partial charge in [0.15, 0.2) is 0 Å². The van der Waals surface area contributed by atoms with E-state index in [1.165, 1.54) is 48.5 Å². The first-order chi connectivity index (χ1) is 12.2. The highest BCUT2D eigenvalue weighted by Crippen LogP contribution is 2.42. The first-order valence-electron chi connectivity index (χ1n) is 7.59. The zero-order valence-electron chi connectivity index (χ0n) is 13.5. The van der Waals surface area contributed by atoms with E-state index >= 15 is 0 Å². The van der Waals surface area contributed by atoms with Crippen molar-refractivity contribution in [1.29, 1.82) is 0 Å². The van der Waals surface area contributed by atoms with Gasteiger partial charge >= 0.3 is 12.1 Å². The molecule has 0 aliphatic rings. The number of carbonyl (C=O) groups is 2. The van der Waals surface area contributed by atoms with Gasteiger partial charge in [0.25, 0.3) is 5.91 Å². The van der Waals surface area contributed by atoms with Crippen LogP contribution in [0, 0.1) is 0 Å². The summed E-state index contributed by atoms with van der Waals surface area (Å²) in [6.07, 6.45) is -4.40. The van der Waals surface area contributed by atoms with E-state index in [1.54, 1.807) is 17.4 Å². The Morgan fingerprint density at radius 3 is 1.92 bits per heavy atom. The van der Waals surface area contributed by atoms with Gasteiger partial charge in [-0.1, -0.05) is 54.6 Å². The number of carboxylic acids is 1. The van der Waals surface area contributed by atoms with Crippen molar-refractivity contribution >= 4 is 11.9 Å². The predicted molar refractivity (Wildman–Crippen MR) is 89.7 cm³/mol. The van der Waals surface area contributed by atoms with Gasteiger partial charge in [0.2, 0.25) is 5.54 Å². The molecule has 0 saturated carbocycles. The van der Waals surface area contributed by atoms with Crippen LogP contribution in [-0.2, 0) is 4.79 Å². The van der Waals surface area contributed by atoms with Gasteiger partial charge in [-0.2, -0.15) is 13.2 Å². The van der Waals surface area contributed by atoms with Crippen molar-refractivity contribution < 1.29 is 27.9 Å². The molecule has 7 heteroatoms. The quantitative estimate of drug-likeness (QED) is 0.768. The molecule has 4 nitrogen and oxygen atoms in total. The van der Waals surface area contributed by atoms with Crippen molar-refractivity contribution in [3.63, 3.8) is 0 Å². The fourth-order valence-electron chi connectivity index (χ4n) is 2.70. The highest BCUT2D eigenvalue weighted by molar-refractivity contribution is 5.98. The lowest BCUT2D eigenvalue weighted by Gasteiger charge is -2.38. The van der Waals surface area contributed by atoms with Crippen molar-refractivity contribution in [2.24, 2.45) is 0 Å². The van der Waals surface area contributed by atoms with Crippen LogP contribution in [0.4, 0.5) is 13.2 Å². The third kappa shape index (κ3) is 3.46. The molecule has 0 radical (unpaired) electrons. The van der Waals surface area contributed by atoms with Crippen LogP contribution in [0.5, 0.6) is 0 Å². The molecule has 2 N–H and O–H groups in total. The molecular formula is C19H16F3NO3. The highest BCUT2D eigenvalue weighted by Gasteiger charge is 2.66. The van der Waals surface area contributed by atoms with Crippen molar-refractivity contribution in [3.8, 4) is 0 Å². The van der Waals surface area contributed by atoms with Gasteiger partial charge in [-0.25, -0.2) is 4.79 Å². The molecule has 0 heterocycles. The van der Waals surface area contributed by atoms with Gasteiger partial charge in [-0.3, -0.25) is 4.79 Å². The predicted octanol–water partition coefficient (Wildman–Crippen LogP) is 3.77. The molecule has 0 aliphatic heterocycles. The van der Waals surface area contributed by atoms with E-state index in [0.717, 1.165) is 6.08 Å². The van der Waals surface area contributed by atoms with E-state index < -0.39 is 29.5 Å². The summed E-state index contributed by atoms with van der Waals surface area (Å²) in [5.74, 6) is -5.09. The molecule has 1 amide bonds. The smallest absolute Gasteiger partial charge is 0.423 e. The topological polar surface area (TPSA) is 66.4 Å². The molecule has 0 aliphatic carbocycles. The zero-order valence-corrected chi connectivity index (χ0v) is 13.5. The third-order valence-corrected chi connectivity index (χ3v) is 3.99. The second-order valence-electron chi connectivity index (χ2n) is 5.56. The molecule has 0 saturated heterocycles. The van der Waals surface area contributed by atoms with Gasteiger partial charge in [-0.15, -0.1) is 6.58 Å². The number of rotatable bonds is 6. The van der Waals surface area contributed by atoms with E-state index in [1.807, 2.05) is 0 Å².